The Kier molecular flexibility index (Phi) is 5.91. The van der Waals surface area contributed by atoms with Crippen molar-refractivity contribution in [2.45, 2.75) is 50.6 Å². The summed E-state index contributed by atoms with van der Waals surface area (Å²) in [7, 11) is 0. The standard InChI is InChI=1S/C27H37FN4O/c28-23-6-8-24(9-7-23)29-12-14-30(15-13-29)26(33)19-32-11-3-4-20-16-21-17-22(27(20)32)18-31-10-2-1-5-25(21)31/h6-9,16,21-22,25,27H,1-5,10-15,17-19H2/t21?,22?,25-,27-/m1/s1. The highest BCUT2D eigenvalue weighted by Crippen LogP contribution is 2.44. The van der Waals surface area contributed by atoms with Crippen LogP contribution in [0.2, 0.25) is 0 Å². The highest BCUT2D eigenvalue weighted by molar-refractivity contribution is 5.78. The highest BCUT2D eigenvalue weighted by atomic mass is 19.1. The first kappa shape index (κ1) is 21.6. The van der Waals surface area contributed by atoms with E-state index in [2.05, 4.69) is 20.8 Å². The van der Waals surface area contributed by atoms with Gasteiger partial charge in [0, 0.05) is 50.5 Å². The molecule has 4 fully saturated rings. The zero-order valence-corrected chi connectivity index (χ0v) is 19.7. The maximum absolute atomic E-state index is 13.3. The highest BCUT2D eigenvalue weighted by Gasteiger charge is 2.46. The lowest BCUT2D eigenvalue weighted by Crippen LogP contribution is -2.60. The monoisotopic (exact) mass is 452 g/mol. The third kappa shape index (κ3) is 4.21. The first-order valence-corrected chi connectivity index (χ1v) is 13.1. The van der Waals surface area contributed by atoms with E-state index in [1.165, 1.54) is 63.7 Å². The van der Waals surface area contributed by atoms with Crippen LogP contribution in [0.3, 0.4) is 0 Å². The fourth-order valence-corrected chi connectivity index (χ4v) is 7.40. The van der Waals surface area contributed by atoms with E-state index in [1.54, 1.807) is 5.57 Å². The van der Waals surface area contributed by atoms with E-state index in [0.717, 1.165) is 50.4 Å². The predicted molar refractivity (Wildman–Crippen MR) is 129 cm³/mol. The van der Waals surface area contributed by atoms with Gasteiger partial charge in [-0.3, -0.25) is 14.6 Å². The Morgan fingerprint density at radius 3 is 2.61 bits per heavy atom. The number of likely N-dealkylation sites (tertiary alicyclic amines) is 1. The second-order valence-electron chi connectivity index (χ2n) is 10.8. The number of fused-ring (bicyclic) bond motifs is 6. The van der Waals surface area contributed by atoms with Gasteiger partial charge in [-0.25, -0.2) is 4.39 Å². The molecule has 1 aromatic rings. The van der Waals surface area contributed by atoms with Crippen LogP contribution in [0.4, 0.5) is 10.1 Å². The van der Waals surface area contributed by atoms with Gasteiger partial charge in [-0.2, -0.15) is 0 Å². The molecule has 178 valence electrons. The molecule has 4 saturated heterocycles. The van der Waals surface area contributed by atoms with Crippen molar-refractivity contribution >= 4 is 11.6 Å². The number of hydrogen-bond donors (Lipinski definition) is 0. The fraction of sp³-hybridized carbons (Fsp3) is 0.667. The molecule has 0 radical (unpaired) electrons. The maximum atomic E-state index is 13.3. The van der Waals surface area contributed by atoms with Crippen molar-refractivity contribution in [2.75, 3.05) is 57.3 Å². The van der Waals surface area contributed by atoms with Crippen molar-refractivity contribution in [3.05, 3.63) is 41.7 Å². The number of carbonyl (C=O) groups is 1. The minimum Gasteiger partial charge on any atom is -0.368 e. The van der Waals surface area contributed by atoms with E-state index in [4.69, 9.17) is 0 Å². The zero-order valence-electron chi connectivity index (χ0n) is 19.7. The van der Waals surface area contributed by atoms with Crippen LogP contribution >= 0.6 is 0 Å². The molecule has 33 heavy (non-hydrogen) atoms. The lowest BCUT2D eigenvalue weighted by atomic mass is 9.68. The molecule has 0 aromatic heterocycles. The van der Waals surface area contributed by atoms with Crippen molar-refractivity contribution < 1.29 is 9.18 Å². The topological polar surface area (TPSA) is 30.0 Å². The summed E-state index contributed by atoms with van der Waals surface area (Å²) in [5.74, 6) is 1.51. The first-order valence-electron chi connectivity index (χ1n) is 13.1. The van der Waals surface area contributed by atoms with Gasteiger partial charge in [-0.1, -0.05) is 18.1 Å². The Labute approximate surface area is 197 Å². The number of amides is 1. The van der Waals surface area contributed by atoms with Crippen LogP contribution in [0.5, 0.6) is 0 Å². The number of piperazine rings is 1. The number of rotatable bonds is 3. The molecule has 1 amide bonds. The van der Waals surface area contributed by atoms with Gasteiger partial charge >= 0.3 is 0 Å². The first-order chi connectivity index (χ1) is 16.2. The molecular weight excluding hydrogens is 415 g/mol. The Morgan fingerprint density at radius 1 is 0.970 bits per heavy atom. The second-order valence-corrected chi connectivity index (χ2v) is 10.8. The summed E-state index contributed by atoms with van der Waals surface area (Å²) in [6.45, 7) is 7.22. The van der Waals surface area contributed by atoms with Gasteiger partial charge in [0.05, 0.1) is 6.54 Å². The third-order valence-corrected chi connectivity index (χ3v) is 8.92. The molecule has 5 nitrogen and oxygen atoms in total. The van der Waals surface area contributed by atoms with Crippen molar-refractivity contribution in [1.82, 2.24) is 14.7 Å². The molecule has 2 bridgehead atoms. The lowest BCUT2D eigenvalue weighted by molar-refractivity contribution is -0.134. The van der Waals surface area contributed by atoms with Crippen LogP contribution < -0.4 is 4.90 Å². The molecule has 5 aliphatic rings. The fourth-order valence-electron chi connectivity index (χ4n) is 7.40. The molecular formula is C27H37FN4O. The molecule has 6 heteroatoms. The van der Waals surface area contributed by atoms with Crippen LogP contribution in [0.15, 0.2) is 35.9 Å². The van der Waals surface area contributed by atoms with Gasteiger partial charge in [0.1, 0.15) is 5.82 Å². The van der Waals surface area contributed by atoms with Crippen LogP contribution in [0, 0.1) is 17.7 Å². The van der Waals surface area contributed by atoms with E-state index in [-0.39, 0.29) is 11.7 Å². The van der Waals surface area contributed by atoms with E-state index < -0.39 is 0 Å². The van der Waals surface area contributed by atoms with Gasteiger partial charge in [0.15, 0.2) is 0 Å². The molecule has 4 aliphatic heterocycles. The third-order valence-electron chi connectivity index (χ3n) is 8.92. The van der Waals surface area contributed by atoms with Crippen molar-refractivity contribution in [3.63, 3.8) is 0 Å². The lowest BCUT2D eigenvalue weighted by Gasteiger charge is -2.54. The Hall–Kier alpha value is -1.92. The largest absolute Gasteiger partial charge is 0.368 e. The van der Waals surface area contributed by atoms with Gasteiger partial charge in [-0.15, -0.1) is 0 Å². The molecule has 1 aliphatic carbocycles. The molecule has 0 N–H and O–H groups in total. The van der Waals surface area contributed by atoms with Crippen LogP contribution in [0.1, 0.15) is 38.5 Å². The average molecular weight is 453 g/mol. The second kappa shape index (κ2) is 9.03. The van der Waals surface area contributed by atoms with E-state index in [0.29, 0.717) is 18.5 Å². The van der Waals surface area contributed by atoms with Gasteiger partial charge in [0.25, 0.3) is 0 Å². The summed E-state index contributed by atoms with van der Waals surface area (Å²) >= 11 is 0. The molecule has 1 aromatic carbocycles. The molecule has 4 atom stereocenters. The SMILES string of the molecule is O=C(CN1CCCC2=CC3CC(CN4CCCC[C@H]34)[C@@H]21)N1CCN(c2ccc(F)cc2)CC1. The Bertz CT molecular complexity index is 894. The van der Waals surface area contributed by atoms with E-state index in [9.17, 15) is 9.18 Å². The summed E-state index contributed by atoms with van der Waals surface area (Å²) in [5.41, 5.74) is 2.68. The number of nitrogens with zero attached hydrogens (tertiary/aromatic N) is 4. The predicted octanol–water partition coefficient (Wildman–Crippen LogP) is 3.37. The smallest absolute Gasteiger partial charge is 0.236 e. The quantitative estimate of drug-likeness (QED) is 0.658. The maximum Gasteiger partial charge on any atom is 0.236 e. The number of benzene rings is 1. The summed E-state index contributed by atoms with van der Waals surface area (Å²) in [6, 6.07) is 7.95. The number of halogens is 1. The molecule has 0 saturated carbocycles. The molecule has 2 unspecified atom stereocenters. The molecule has 0 spiro atoms. The van der Waals surface area contributed by atoms with Crippen LogP contribution in [-0.2, 0) is 4.79 Å². The zero-order chi connectivity index (χ0) is 22.4. The van der Waals surface area contributed by atoms with Gasteiger partial charge in [-0.05, 0) is 81.3 Å². The number of carbonyl (C=O) groups excluding carboxylic acids is 1. The van der Waals surface area contributed by atoms with E-state index >= 15 is 0 Å². The van der Waals surface area contributed by atoms with Crippen molar-refractivity contribution in [3.8, 4) is 0 Å². The van der Waals surface area contributed by atoms with Gasteiger partial charge in [0.2, 0.25) is 5.91 Å². The van der Waals surface area contributed by atoms with Crippen LogP contribution in [0.25, 0.3) is 0 Å². The minimum atomic E-state index is -0.203. The van der Waals surface area contributed by atoms with E-state index in [1.807, 2.05) is 17.0 Å². The molecule has 4 heterocycles. The average Bonchev–Trinajstić information content (AvgIpc) is 2.85. The summed E-state index contributed by atoms with van der Waals surface area (Å²) in [6.07, 6.45) is 10.5. The molecule has 6 rings (SSSR count). The Morgan fingerprint density at radius 2 is 1.79 bits per heavy atom. The number of piperidine rings is 3. The summed E-state index contributed by atoms with van der Waals surface area (Å²) in [5, 5.41) is 0. The minimum absolute atomic E-state index is 0.203. The van der Waals surface area contributed by atoms with Crippen LogP contribution in [-0.4, -0.2) is 85.0 Å². The number of hydrogen-bond acceptors (Lipinski definition) is 4. The summed E-state index contributed by atoms with van der Waals surface area (Å²) < 4.78 is 13.2. The normalized spacial score (nSPS) is 32.7. The van der Waals surface area contributed by atoms with Crippen molar-refractivity contribution in [1.29, 1.82) is 0 Å². The Balaban J connectivity index is 1.10. The van der Waals surface area contributed by atoms with Gasteiger partial charge < -0.3 is 9.80 Å². The van der Waals surface area contributed by atoms with Crippen molar-refractivity contribution in [2.24, 2.45) is 11.8 Å². The summed E-state index contributed by atoms with van der Waals surface area (Å²) in [4.78, 5) is 22.9. The number of anilines is 1.